The first-order valence-corrected chi connectivity index (χ1v) is 16.9. The smallest absolute Gasteiger partial charge is 0.790 e. The molecule has 231 valence electrons. The van der Waals surface area contributed by atoms with Crippen molar-refractivity contribution in [2.24, 2.45) is 0 Å². The van der Waals surface area contributed by atoms with E-state index in [1.165, 1.54) is 0 Å². The molecule has 24 nitrogen and oxygen atoms in total. The van der Waals surface area contributed by atoms with Gasteiger partial charge < -0.3 is 85.9 Å². The molecular weight excluding hydrogens is 818 g/mol. The Kier molecular flexibility index (Phi) is 18.8. The molecule has 0 aromatic heterocycles. The predicted octanol–water partition coefficient (Wildman–Crippen LogP) is -6.93. The third kappa shape index (κ3) is 18.7. The van der Waals surface area contributed by atoms with Crippen LogP contribution in [0.3, 0.4) is 0 Å². The van der Waals surface area contributed by atoms with Crippen LogP contribution in [0.15, 0.2) is 0 Å². The van der Waals surface area contributed by atoms with Crippen LogP contribution in [0, 0.1) is 0 Å². The van der Waals surface area contributed by atoms with Gasteiger partial charge in [-0.2, -0.15) is 0 Å². The molecule has 8 unspecified atom stereocenters. The second kappa shape index (κ2) is 16.1. The van der Waals surface area contributed by atoms with Crippen LogP contribution in [0.4, 0.5) is 0 Å². The summed E-state index contributed by atoms with van der Waals surface area (Å²) in [6.07, 6.45) is -20.2. The van der Waals surface area contributed by atoms with Crippen molar-refractivity contribution in [2.45, 2.75) is 36.6 Å². The van der Waals surface area contributed by atoms with Gasteiger partial charge in [-0.15, -0.1) is 0 Å². The van der Waals surface area contributed by atoms with E-state index in [2.05, 4.69) is 27.1 Å². The quantitative estimate of drug-likeness (QED) is 0.0786. The average molecular weight is 830 g/mol. The summed E-state index contributed by atoms with van der Waals surface area (Å²) in [4.78, 5) is 121. The Labute approximate surface area is 249 Å². The standard InChI is InChI=1S/C6H18O24P6.Fe.Mn.Zn/c7-31(8,9)25-1-2(26-32(10,11)12)4(28-34(16,17)18)6(30-36(22,23)24)5(29-35(19,20)21)3(1)27-33(13,14)15;;;/h1-6H,(H2,7,8,9)(H2,10,11,12)(H2,13,14,15)(H2,16,17,18)(H2,19,20,21)(H2,22,23,24);;;/q;+2;;/p-6. The Morgan fingerprint density at radius 3 is 0.769 bits per heavy atom. The van der Waals surface area contributed by atoms with E-state index in [4.69, 9.17) is 29.4 Å². The van der Waals surface area contributed by atoms with E-state index < -0.39 is 83.6 Å². The Morgan fingerprint density at radius 2 is 0.615 bits per heavy atom. The summed E-state index contributed by atoms with van der Waals surface area (Å²) < 4.78 is 90.7. The molecule has 1 radical (unpaired) electrons. The minimum Gasteiger partial charge on any atom is -0.790 e. The number of rotatable bonds is 12. The van der Waals surface area contributed by atoms with E-state index in [0.29, 0.717) is 0 Å². The summed E-state index contributed by atoms with van der Waals surface area (Å²) in [5.41, 5.74) is 0. The number of phosphoric acid groups is 6. The first kappa shape index (κ1) is 45.7. The summed E-state index contributed by atoms with van der Waals surface area (Å²) in [6.45, 7) is 0. The molecule has 0 heterocycles. The maximum atomic E-state index is 11.4. The Morgan fingerprint density at radius 1 is 0.436 bits per heavy atom. The molecule has 0 bridgehead atoms. The third-order valence-electron chi connectivity index (χ3n) is 3.47. The van der Waals surface area contributed by atoms with Gasteiger partial charge in [0.2, 0.25) is 0 Å². The molecule has 8 atom stereocenters. The van der Waals surface area contributed by atoms with E-state index in [1.54, 1.807) is 0 Å². The van der Waals surface area contributed by atoms with Crippen LogP contribution >= 0.6 is 46.9 Å². The van der Waals surface area contributed by atoms with Gasteiger partial charge in [0, 0.05) is 36.5 Å². The van der Waals surface area contributed by atoms with Crippen molar-refractivity contribution in [2.75, 3.05) is 0 Å². The summed E-state index contributed by atoms with van der Waals surface area (Å²) in [6, 6.07) is 0. The maximum Gasteiger partial charge on any atom is 2.00 e. The molecule has 0 aromatic carbocycles. The van der Waals surface area contributed by atoms with Gasteiger partial charge in [-0.3, -0.25) is 18.2 Å². The second-order valence-corrected chi connectivity index (χ2v) is 13.1. The molecule has 0 aliphatic heterocycles. The van der Waals surface area contributed by atoms with Crippen LogP contribution in [0.2, 0.25) is 0 Å². The fraction of sp³-hybridized carbons (Fsp3) is 1.00. The average Bonchev–Trinajstić information content (AvgIpc) is 2.51. The van der Waals surface area contributed by atoms with Gasteiger partial charge in [0.15, 0.2) is 0 Å². The van der Waals surface area contributed by atoms with Crippen LogP contribution in [-0.2, 0) is 108 Å². The van der Waals surface area contributed by atoms with Crippen molar-refractivity contribution in [3.63, 3.8) is 0 Å². The van der Waals surface area contributed by atoms with E-state index >= 15 is 0 Å². The van der Waals surface area contributed by atoms with Gasteiger partial charge in [0.05, 0.1) is 15.6 Å². The largest absolute Gasteiger partial charge is 2.00 e. The third-order valence-corrected chi connectivity index (χ3v) is 6.53. The van der Waals surface area contributed by atoms with Gasteiger partial charge in [-0.05, 0) is 0 Å². The zero-order valence-electron chi connectivity index (χ0n) is 17.6. The van der Waals surface area contributed by atoms with Gasteiger partial charge in [-0.25, -0.2) is 9.13 Å². The fourth-order valence-corrected chi connectivity index (χ4v) is 6.05. The van der Waals surface area contributed by atoms with Gasteiger partial charge in [0.1, 0.15) is 36.6 Å². The number of hydrogen-bond acceptors (Lipinski definition) is 18. The van der Waals surface area contributed by atoms with E-state index in [9.17, 15) is 56.8 Å². The van der Waals surface area contributed by atoms with Crippen molar-refractivity contribution in [3.05, 3.63) is 0 Å². The van der Waals surface area contributed by atoms with E-state index in [1.807, 2.05) is 0 Å². The zero-order valence-corrected chi connectivity index (χ0v) is 28.2. The monoisotopic (exact) mass is 829 g/mol. The SMILES string of the molecule is O=P([O-])([O-])OC1C(OP(=O)([O-])O)C(OP(=O)([O-])O)C(OP(=O)(O)O)C(OP(=O)([O-])[O-])C1OP(=O)(O)O.[Fe+2].[Mn].[Zn]. The van der Waals surface area contributed by atoms with Gasteiger partial charge >= 0.3 is 32.7 Å². The van der Waals surface area contributed by atoms with Crippen LogP contribution in [0.25, 0.3) is 0 Å². The zero-order chi connectivity index (χ0) is 28.7. The van der Waals surface area contributed by atoms with Gasteiger partial charge in [-0.1, -0.05) is 0 Å². The summed E-state index contributed by atoms with van der Waals surface area (Å²) >= 11 is 0. The Balaban J connectivity index is -0.00000432. The first-order chi connectivity index (χ1) is 15.6. The Bertz CT molecular complexity index is 838. The molecule has 33 heteroatoms. The molecule has 0 spiro atoms. The van der Waals surface area contributed by atoms with Crippen LogP contribution in [0.1, 0.15) is 0 Å². The van der Waals surface area contributed by atoms with Gasteiger partial charge in [0.25, 0.3) is 15.6 Å². The van der Waals surface area contributed by atoms with Crippen molar-refractivity contribution in [3.8, 4) is 0 Å². The van der Waals surface area contributed by atoms with Crippen molar-refractivity contribution < 1.29 is 167 Å². The molecule has 1 aliphatic rings. The molecule has 0 amide bonds. The van der Waals surface area contributed by atoms with Crippen LogP contribution in [0.5, 0.6) is 0 Å². The van der Waals surface area contributed by atoms with E-state index in [0.717, 1.165) is 0 Å². The summed E-state index contributed by atoms with van der Waals surface area (Å²) in [5.74, 6) is 0. The summed E-state index contributed by atoms with van der Waals surface area (Å²) in [7, 11) is -38.1. The predicted molar refractivity (Wildman–Crippen MR) is 88.2 cm³/mol. The van der Waals surface area contributed by atoms with Crippen LogP contribution in [-0.4, -0.2) is 66.0 Å². The molecule has 0 saturated heterocycles. The molecule has 0 aromatic rings. The molecule has 1 aliphatic carbocycles. The van der Waals surface area contributed by atoms with Crippen LogP contribution < -0.4 is 29.4 Å². The molecular formula is C6H12FeMnO24P6Zn-4. The minimum absolute atomic E-state index is 0. The van der Waals surface area contributed by atoms with Crippen molar-refractivity contribution in [1.29, 1.82) is 0 Å². The molecule has 1 saturated carbocycles. The number of phosphoric ester groups is 6. The van der Waals surface area contributed by atoms with Crippen molar-refractivity contribution in [1.82, 2.24) is 0 Å². The first-order valence-electron chi connectivity index (χ1n) is 7.90. The van der Waals surface area contributed by atoms with Crippen molar-refractivity contribution >= 4 is 46.9 Å². The molecule has 6 N–H and O–H groups in total. The minimum atomic E-state index is -6.58. The van der Waals surface area contributed by atoms with E-state index in [-0.39, 0.29) is 53.6 Å². The molecule has 39 heavy (non-hydrogen) atoms. The summed E-state index contributed by atoms with van der Waals surface area (Å²) in [5, 5.41) is 0. The Hall–Kier alpha value is 2.32. The molecule has 1 rings (SSSR count). The maximum absolute atomic E-state index is 11.4. The second-order valence-electron chi connectivity index (χ2n) is 6.23. The fourth-order valence-electron chi connectivity index (χ4n) is 2.76. The number of hydrogen-bond donors (Lipinski definition) is 6. The topological polar surface area (TPSA) is 418 Å². The molecule has 1 fully saturated rings. The normalized spacial score (nSPS) is 29.5.